The summed E-state index contributed by atoms with van der Waals surface area (Å²) in [5, 5.41) is 0.666. The third-order valence-corrected chi connectivity index (χ3v) is 6.35. The Kier molecular flexibility index (Phi) is 6.37. The third-order valence-electron chi connectivity index (χ3n) is 6.35. The molecule has 9 nitrogen and oxygen atoms in total. The van der Waals surface area contributed by atoms with Crippen LogP contribution in [0.4, 0.5) is 5.82 Å². The number of esters is 1. The molecular weight excluding hydrogens is 436 g/mol. The Bertz CT molecular complexity index is 1420. The van der Waals surface area contributed by atoms with E-state index in [1.54, 1.807) is 0 Å². The van der Waals surface area contributed by atoms with Crippen LogP contribution in [-0.4, -0.2) is 32.5 Å². The molecule has 0 radical (unpaired) electrons. The Morgan fingerprint density at radius 3 is 2.68 bits per heavy atom. The zero-order chi connectivity index (χ0) is 24.6. The number of carbonyl (C=O) groups excluding carboxylic acids is 2. The van der Waals surface area contributed by atoms with Gasteiger partial charge >= 0.3 is 11.7 Å². The van der Waals surface area contributed by atoms with Crippen LogP contribution in [0.2, 0.25) is 0 Å². The first kappa shape index (κ1) is 23.4. The molecule has 0 saturated heterocycles. The van der Waals surface area contributed by atoms with Crippen molar-refractivity contribution in [3.63, 3.8) is 0 Å². The molecule has 34 heavy (non-hydrogen) atoms. The first-order valence-corrected chi connectivity index (χ1v) is 11.4. The highest BCUT2D eigenvalue weighted by Crippen LogP contribution is 2.32. The number of ether oxygens (including phenoxy) is 1. The van der Waals surface area contributed by atoms with E-state index in [9.17, 15) is 19.2 Å². The fourth-order valence-electron chi connectivity index (χ4n) is 4.56. The number of anilines is 1. The number of fused-ring (bicyclic) bond motifs is 2. The van der Waals surface area contributed by atoms with Crippen LogP contribution in [0, 0.1) is 5.92 Å². The number of carbonyl (C=O) groups is 2. The van der Waals surface area contributed by atoms with Crippen molar-refractivity contribution in [2.24, 2.45) is 13.0 Å². The number of pyridine rings is 1. The number of para-hydroxylation sites is 1. The topological polar surface area (TPSA) is 126 Å². The maximum Gasteiger partial charge on any atom is 0.339 e. The minimum absolute atomic E-state index is 0.212. The molecular formula is C25H28N4O5. The molecule has 1 atom stereocenters. The first-order chi connectivity index (χ1) is 16.2. The number of nitrogen functional groups attached to an aromatic ring is 1. The Balaban J connectivity index is 1.69. The molecule has 2 heterocycles. The molecule has 0 amide bonds. The summed E-state index contributed by atoms with van der Waals surface area (Å²) in [5.41, 5.74) is 7.10. The Morgan fingerprint density at radius 2 is 1.94 bits per heavy atom. The highest BCUT2D eigenvalue weighted by Gasteiger charge is 2.28. The monoisotopic (exact) mass is 464 g/mol. The molecule has 9 heteroatoms. The predicted molar refractivity (Wildman–Crippen MR) is 128 cm³/mol. The molecule has 0 saturated carbocycles. The number of benzene rings is 1. The number of nitrogens with two attached hydrogens (primary N) is 1. The van der Waals surface area contributed by atoms with Crippen molar-refractivity contribution in [2.45, 2.75) is 46.1 Å². The average molecular weight is 465 g/mol. The van der Waals surface area contributed by atoms with Gasteiger partial charge < -0.3 is 10.5 Å². The van der Waals surface area contributed by atoms with Crippen LogP contribution >= 0.6 is 0 Å². The predicted octanol–water partition coefficient (Wildman–Crippen LogP) is 2.25. The molecule has 0 fully saturated rings. The Morgan fingerprint density at radius 1 is 1.21 bits per heavy atom. The number of nitrogens with zero attached hydrogens (tertiary/aromatic N) is 3. The molecule has 2 aromatic heterocycles. The second-order valence-electron chi connectivity index (χ2n) is 8.84. The van der Waals surface area contributed by atoms with Crippen LogP contribution in [0.3, 0.4) is 0 Å². The number of ketones is 1. The summed E-state index contributed by atoms with van der Waals surface area (Å²) >= 11 is 0. The standard InChI is InChI=1S/C25H28N4O5/c1-4-11-29-22(26)21(23(31)28(3)25(29)33)19(30)13-34-24(32)20-15-7-5-6-8-17(15)27-18-10-9-14(2)12-16(18)20/h5-8,14H,4,9-13,26H2,1-3H3. The van der Waals surface area contributed by atoms with E-state index in [1.807, 2.05) is 31.2 Å². The molecule has 178 valence electrons. The van der Waals surface area contributed by atoms with Crippen LogP contribution in [0.5, 0.6) is 0 Å². The number of hydrogen-bond donors (Lipinski definition) is 1. The van der Waals surface area contributed by atoms with Gasteiger partial charge in [-0.2, -0.15) is 0 Å². The first-order valence-electron chi connectivity index (χ1n) is 11.4. The van der Waals surface area contributed by atoms with E-state index in [0.717, 1.165) is 28.7 Å². The van der Waals surface area contributed by atoms with Gasteiger partial charge in [0.2, 0.25) is 5.78 Å². The molecule has 1 aliphatic carbocycles. The fraction of sp³-hybridized carbons (Fsp3) is 0.400. The van der Waals surface area contributed by atoms with Crippen LogP contribution in [0.25, 0.3) is 10.9 Å². The summed E-state index contributed by atoms with van der Waals surface area (Å²) in [7, 11) is 1.29. The van der Waals surface area contributed by atoms with E-state index in [0.29, 0.717) is 35.2 Å². The van der Waals surface area contributed by atoms with Gasteiger partial charge in [0, 0.05) is 24.7 Å². The third kappa shape index (κ3) is 4.02. The number of aryl methyl sites for hydroxylation is 1. The average Bonchev–Trinajstić information content (AvgIpc) is 2.82. The normalized spacial score (nSPS) is 15.2. The van der Waals surface area contributed by atoms with Gasteiger partial charge in [0.25, 0.3) is 5.56 Å². The summed E-state index contributed by atoms with van der Waals surface area (Å²) in [5.74, 6) is -1.21. The Labute approximate surface area is 196 Å². The SMILES string of the molecule is CCCn1c(N)c(C(=O)COC(=O)c2c3c(nc4ccccc24)CCC(C)C3)c(=O)n(C)c1=O. The van der Waals surface area contributed by atoms with Crippen molar-refractivity contribution in [3.05, 3.63) is 67.5 Å². The molecule has 1 unspecified atom stereocenters. The van der Waals surface area contributed by atoms with Gasteiger partial charge in [-0.15, -0.1) is 0 Å². The molecule has 2 N–H and O–H groups in total. The highest BCUT2D eigenvalue weighted by atomic mass is 16.5. The van der Waals surface area contributed by atoms with Gasteiger partial charge in [-0.25, -0.2) is 9.59 Å². The second-order valence-corrected chi connectivity index (χ2v) is 8.84. The lowest BCUT2D eigenvalue weighted by molar-refractivity contribution is 0.0474. The van der Waals surface area contributed by atoms with Gasteiger partial charge in [-0.3, -0.25) is 23.7 Å². The van der Waals surface area contributed by atoms with E-state index >= 15 is 0 Å². The van der Waals surface area contributed by atoms with Gasteiger partial charge in [-0.1, -0.05) is 32.0 Å². The van der Waals surface area contributed by atoms with Crippen LogP contribution in [0.15, 0.2) is 33.9 Å². The highest BCUT2D eigenvalue weighted by molar-refractivity contribution is 6.07. The number of hydrogen-bond acceptors (Lipinski definition) is 7. The molecule has 0 aliphatic heterocycles. The van der Waals surface area contributed by atoms with Gasteiger partial charge in [0.05, 0.1) is 11.1 Å². The van der Waals surface area contributed by atoms with Gasteiger partial charge in [0.15, 0.2) is 6.61 Å². The summed E-state index contributed by atoms with van der Waals surface area (Å²) in [4.78, 5) is 55.9. The molecule has 4 rings (SSSR count). The molecule has 1 aliphatic rings. The van der Waals surface area contributed by atoms with E-state index < -0.39 is 29.6 Å². The van der Waals surface area contributed by atoms with E-state index in [-0.39, 0.29) is 17.9 Å². The molecule has 0 bridgehead atoms. The van der Waals surface area contributed by atoms with E-state index in [4.69, 9.17) is 15.5 Å². The summed E-state index contributed by atoms with van der Waals surface area (Å²) in [6, 6.07) is 7.34. The van der Waals surface area contributed by atoms with Gasteiger partial charge in [0.1, 0.15) is 11.4 Å². The van der Waals surface area contributed by atoms with Crippen molar-refractivity contribution in [1.82, 2.24) is 14.1 Å². The Hall–Kier alpha value is -3.75. The van der Waals surface area contributed by atoms with Crippen LogP contribution in [0.1, 0.15) is 58.7 Å². The summed E-state index contributed by atoms with van der Waals surface area (Å²) in [6.07, 6.45) is 3.04. The van der Waals surface area contributed by atoms with E-state index in [2.05, 4.69) is 6.92 Å². The summed E-state index contributed by atoms with van der Waals surface area (Å²) in [6.45, 7) is 3.57. The second kappa shape index (κ2) is 9.24. The minimum atomic E-state index is -0.809. The van der Waals surface area contributed by atoms with Crippen LogP contribution in [-0.2, 0) is 31.2 Å². The maximum absolute atomic E-state index is 13.3. The van der Waals surface area contributed by atoms with Crippen LogP contribution < -0.4 is 17.0 Å². The van der Waals surface area contributed by atoms with Crippen molar-refractivity contribution in [2.75, 3.05) is 12.3 Å². The lowest BCUT2D eigenvalue weighted by atomic mass is 9.84. The quantitative estimate of drug-likeness (QED) is 0.438. The van der Waals surface area contributed by atoms with Crippen molar-refractivity contribution < 1.29 is 14.3 Å². The molecule has 3 aromatic rings. The number of Topliss-reactive ketones (excluding diaryl/α,β-unsaturated/α-hetero) is 1. The minimum Gasteiger partial charge on any atom is -0.454 e. The lowest BCUT2D eigenvalue weighted by Gasteiger charge is -2.24. The van der Waals surface area contributed by atoms with Crippen molar-refractivity contribution in [3.8, 4) is 0 Å². The molecule has 0 spiro atoms. The van der Waals surface area contributed by atoms with Crippen molar-refractivity contribution >= 4 is 28.5 Å². The number of rotatable bonds is 6. The lowest BCUT2D eigenvalue weighted by Crippen LogP contribution is -2.43. The van der Waals surface area contributed by atoms with Crippen molar-refractivity contribution in [1.29, 1.82) is 0 Å². The maximum atomic E-state index is 13.3. The van der Waals surface area contributed by atoms with Gasteiger partial charge in [-0.05, 0) is 43.2 Å². The van der Waals surface area contributed by atoms with E-state index in [1.165, 1.54) is 11.6 Å². The summed E-state index contributed by atoms with van der Waals surface area (Å²) < 4.78 is 7.45. The molecule has 1 aromatic carbocycles. The fourth-order valence-corrected chi connectivity index (χ4v) is 4.56. The smallest absolute Gasteiger partial charge is 0.339 e. The zero-order valence-electron chi connectivity index (χ0n) is 19.6. The largest absolute Gasteiger partial charge is 0.454 e. The number of aromatic nitrogens is 3. The zero-order valence-corrected chi connectivity index (χ0v) is 19.6.